The Morgan fingerprint density at radius 1 is 1.11 bits per heavy atom. The zero-order chi connectivity index (χ0) is 14.4. The lowest BCUT2D eigenvalue weighted by Crippen LogP contribution is -2.16. The second-order valence-electron chi connectivity index (χ2n) is 4.97. The van der Waals surface area contributed by atoms with Gasteiger partial charge in [-0.25, -0.2) is 8.42 Å². The minimum Gasteiger partial charge on any atom is -0.308 e. The first-order valence-corrected chi connectivity index (χ1v) is 10.5. The third-order valence-electron chi connectivity index (χ3n) is 3.19. The first-order valence-electron chi connectivity index (χ1n) is 7.02. The Morgan fingerprint density at radius 3 is 2.00 bits per heavy atom. The van der Waals surface area contributed by atoms with Crippen molar-refractivity contribution in [3.05, 3.63) is 0 Å². The van der Waals surface area contributed by atoms with Crippen molar-refractivity contribution in [2.75, 3.05) is 24.7 Å². The first-order chi connectivity index (χ1) is 8.93. The summed E-state index contributed by atoms with van der Waals surface area (Å²) in [6.45, 7) is 4.78. The van der Waals surface area contributed by atoms with Gasteiger partial charge in [-0.1, -0.05) is 26.7 Å². The van der Waals surface area contributed by atoms with Crippen molar-refractivity contribution in [1.29, 1.82) is 0 Å². The Bertz CT molecular complexity index is 392. The number of unbranched alkanes of at least 4 members (excludes halogenated alkanes) is 2. The van der Waals surface area contributed by atoms with Gasteiger partial charge in [0, 0.05) is 0 Å². The fourth-order valence-corrected chi connectivity index (χ4v) is 6.80. The molecule has 0 bridgehead atoms. The SMILES string of the molecule is CCCCOP(=O)(OCCCC)C1CCS(=O)(=O)C1. The number of rotatable bonds is 9. The maximum absolute atomic E-state index is 12.7. The van der Waals surface area contributed by atoms with E-state index in [1.54, 1.807) is 0 Å². The molecule has 19 heavy (non-hydrogen) atoms. The molecule has 1 heterocycles. The van der Waals surface area contributed by atoms with Gasteiger partial charge in [0.25, 0.3) is 0 Å². The zero-order valence-corrected chi connectivity index (χ0v) is 13.5. The molecule has 0 spiro atoms. The van der Waals surface area contributed by atoms with Gasteiger partial charge < -0.3 is 9.05 Å². The van der Waals surface area contributed by atoms with Crippen molar-refractivity contribution in [3.8, 4) is 0 Å². The predicted octanol–water partition coefficient (Wildman–Crippen LogP) is 3.00. The third-order valence-corrected chi connectivity index (χ3v) is 7.63. The van der Waals surface area contributed by atoms with Crippen LogP contribution in [-0.4, -0.2) is 38.8 Å². The van der Waals surface area contributed by atoms with Crippen LogP contribution >= 0.6 is 7.60 Å². The van der Waals surface area contributed by atoms with Crippen LogP contribution < -0.4 is 0 Å². The summed E-state index contributed by atoms with van der Waals surface area (Å²) < 4.78 is 46.7. The Hall–Kier alpha value is 0.100. The van der Waals surface area contributed by atoms with Gasteiger partial charge in [0.2, 0.25) is 0 Å². The second kappa shape index (κ2) is 7.77. The van der Waals surface area contributed by atoms with E-state index < -0.39 is 23.1 Å². The Labute approximate surface area is 116 Å². The molecule has 1 atom stereocenters. The van der Waals surface area contributed by atoms with Crippen LogP contribution in [0.15, 0.2) is 0 Å². The number of hydrogen-bond donors (Lipinski definition) is 0. The topological polar surface area (TPSA) is 69.7 Å². The van der Waals surface area contributed by atoms with Gasteiger partial charge >= 0.3 is 7.60 Å². The minimum atomic E-state index is -3.29. The van der Waals surface area contributed by atoms with Crippen LogP contribution in [0.5, 0.6) is 0 Å². The monoisotopic (exact) mass is 312 g/mol. The molecule has 1 aliphatic heterocycles. The van der Waals surface area contributed by atoms with Crippen molar-refractivity contribution < 1.29 is 22.0 Å². The normalized spacial score (nSPS) is 22.7. The quantitative estimate of drug-likeness (QED) is 0.483. The molecule has 1 unspecified atom stereocenters. The van der Waals surface area contributed by atoms with Gasteiger partial charge in [0.05, 0.1) is 30.4 Å². The molecule has 1 saturated heterocycles. The van der Waals surface area contributed by atoms with E-state index in [0.717, 1.165) is 25.7 Å². The fraction of sp³-hybridized carbons (Fsp3) is 1.00. The highest BCUT2D eigenvalue weighted by Crippen LogP contribution is 2.56. The third kappa shape index (κ3) is 5.54. The van der Waals surface area contributed by atoms with Crippen LogP contribution in [0, 0.1) is 0 Å². The molecule has 1 aliphatic rings. The summed E-state index contributed by atoms with van der Waals surface area (Å²) in [6, 6.07) is 0. The maximum atomic E-state index is 12.7. The smallest absolute Gasteiger partial charge is 0.308 e. The van der Waals surface area contributed by atoms with E-state index in [9.17, 15) is 13.0 Å². The Balaban J connectivity index is 2.65. The number of hydrogen-bond acceptors (Lipinski definition) is 5. The second-order valence-corrected chi connectivity index (χ2v) is 9.53. The molecular weight excluding hydrogens is 287 g/mol. The molecule has 0 N–H and O–H groups in total. The molecule has 1 fully saturated rings. The summed E-state index contributed by atoms with van der Waals surface area (Å²) in [4.78, 5) is 0. The van der Waals surface area contributed by atoms with Crippen molar-refractivity contribution in [1.82, 2.24) is 0 Å². The van der Waals surface area contributed by atoms with Crippen molar-refractivity contribution in [2.24, 2.45) is 0 Å². The van der Waals surface area contributed by atoms with E-state index in [4.69, 9.17) is 9.05 Å². The van der Waals surface area contributed by atoms with Crippen LogP contribution in [0.4, 0.5) is 0 Å². The molecule has 0 aromatic heterocycles. The van der Waals surface area contributed by atoms with Crippen LogP contribution in [0.3, 0.4) is 0 Å². The van der Waals surface area contributed by atoms with E-state index in [0.29, 0.717) is 19.6 Å². The largest absolute Gasteiger partial charge is 0.334 e. The lowest BCUT2D eigenvalue weighted by atomic mass is 10.4. The average Bonchev–Trinajstić information content (AvgIpc) is 2.71. The Morgan fingerprint density at radius 2 is 1.63 bits per heavy atom. The van der Waals surface area contributed by atoms with E-state index in [-0.39, 0.29) is 11.5 Å². The molecule has 0 aromatic rings. The van der Waals surface area contributed by atoms with Gasteiger partial charge in [-0.2, -0.15) is 0 Å². The van der Waals surface area contributed by atoms with Gasteiger partial charge in [-0.05, 0) is 19.3 Å². The van der Waals surface area contributed by atoms with Crippen LogP contribution in [-0.2, 0) is 23.4 Å². The molecule has 0 aliphatic carbocycles. The van der Waals surface area contributed by atoms with E-state index in [2.05, 4.69) is 0 Å². The molecule has 0 radical (unpaired) electrons. The average molecular weight is 312 g/mol. The number of sulfone groups is 1. The summed E-state index contributed by atoms with van der Waals surface area (Å²) in [7, 11) is -6.36. The van der Waals surface area contributed by atoms with Crippen LogP contribution in [0.1, 0.15) is 46.0 Å². The lowest BCUT2D eigenvalue weighted by molar-refractivity contribution is 0.194. The highest BCUT2D eigenvalue weighted by atomic mass is 32.2. The summed E-state index contributed by atoms with van der Waals surface area (Å²) in [5, 5.41) is 0. The lowest BCUT2D eigenvalue weighted by Gasteiger charge is -2.23. The molecular formula is C12H25O5PS. The van der Waals surface area contributed by atoms with Crippen LogP contribution in [0.2, 0.25) is 0 Å². The summed E-state index contributed by atoms with van der Waals surface area (Å²) in [6.07, 6.45) is 3.88. The molecule has 1 rings (SSSR count). The standard InChI is InChI=1S/C12H25O5PS/c1-3-5-8-16-18(13,17-9-6-4-2)12-7-10-19(14,15)11-12/h12H,3-11H2,1-2H3. The minimum absolute atomic E-state index is 0.0669. The van der Waals surface area contributed by atoms with Gasteiger partial charge in [-0.3, -0.25) is 4.57 Å². The maximum Gasteiger partial charge on any atom is 0.334 e. The summed E-state index contributed by atoms with van der Waals surface area (Å²) in [5.74, 6) is 0.0262. The van der Waals surface area contributed by atoms with E-state index >= 15 is 0 Å². The Kier molecular flexibility index (Phi) is 7.01. The first kappa shape index (κ1) is 17.2. The summed E-state index contributed by atoms with van der Waals surface area (Å²) in [5.41, 5.74) is -0.480. The molecule has 0 aromatic carbocycles. The molecule has 0 saturated carbocycles. The van der Waals surface area contributed by atoms with Crippen LogP contribution in [0.25, 0.3) is 0 Å². The highest BCUT2D eigenvalue weighted by Gasteiger charge is 2.43. The molecule has 5 nitrogen and oxygen atoms in total. The van der Waals surface area contributed by atoms with Gasteiger partial charge in [0.15, 0.2) is 9.84 Å². The van der Waals surface area contributed by atoms with E-state index in [1.165, 1.54) is 0 Å². The van der Waals surface area contributed by atoms with Gasteiger partial charge in [0.1, 0.15) is 0 Å². The zero-order valence-electron chi connectivity index (χ0n) is 11.8. The van der Waals surface area contributed by atoms with E-state index in [1.807, 2.05) is 13.8 Å². The molecule has 7 heteroatoms. The van der Waals surface area contributed by atoms with Crippen molar-refractivity contribution in [2.45, 2.75) is 51.6 Å². The van der Waals surface area contributed by atoms with Crippen molar-refractivity contribution >= 4 is 17.4 Å². The predicted molar refractivity (Wildman–Crippen MR) is 76.4 cm³/mol. The summed E-state index contributed by atoms with van der Waals surface area (Å²) >= 11 is 0. The van der Waals surface area contributed by atoms with Gasteiger partial charge in [-0.15, -0.1) is 0 Å². The fourth-order valence-electron chi connectivity index (χ4n) is 1.95. The molecule has 114 valence electrons. The highest BCUT2D eigenvalue weighted by molar-refractivity contribution is 7.92. The molecule has 0 amide bonds. The van der Waals surface area contributed by atoms with Crippen molar-refractivity contribution in [3.63, 3.8) is 0 Å².